The summed E-state index contributed by atoms with van der Waals surface area (Å²) in [7, 11) is -0.961. The molecule has 0 radical (unpaired) electrons. The zero-order chi connectivity index (χ0) is 14.3. The van der Waals surface area contributed by atoms with Crippen molar-refractivity contribution >= 4 is 8.80 Å². The third-order valence-electron chi connectivity index (χ3n) is 4.01. The molecule has 1 fully saturated rings. The molecule has 0 heterocycles. The first-order chi connectivity index (χ1) is 9.00. The maximum absolute atomic E-state index is 6.11. The van der Waals surface area contributed by atoms with E-state index in [0.717, 1.165) is 18.8 Å². The molecule has 3 heteroatoms. The molecule has 0 aromatic carbocycles. The van der Waals surface area contributed by atoms with Crippen LogP contribution in [0.5, 0.6) is 0 Å². The van der Waals surface area contributed by atoms with Gasteiger partial charge in [-0.25, -0.2) is 0 Å². The second-order valence-electron chi connectivity index (χ2n) is 7.08. The number of rotatable bonds is 8. The molecule has 0 bridgehead atoms. The van der Waals surface area contributed by atoms with Gasteiger partial charge in [0.2, 0.25) is 0 Å². The highest BCUT2D eigenvalue weighted by atomic mass is 28.3. The average molecular weight is 287 g/mol. The van der Waals surface area contributed by atoms with Crippen molar-refractivity contribution in [3.8, 4) is 0 Å². The Morgan fingerprint density at radius 3 is 1.79 bits per heavy atom. The minimum Gasteiger partial charge on any atom is -0.356 e. The topological polar surface area (TPSA) is 18.5 Å². The van der Waals surface area contributed by atoms with Gasteiger partial charge in [0, 0.05) is 0 Å². The van der Waals surface area contributed by atoms with Crippen molar-refractivity contribution in [3.63, 3.8) is 0 Å². The van der Waals surface area contributed by atoms with Crippen LogP contribution in [0, 0.1) is 11.8 Å². The minimum absolute atomic E-state index is 0.132. The van der Waals surface area contributed by atoms with Gasteiger partial charge in [0.05, 0.1) is 13.2 Å². The Bertz CT molecular complexity index is 213. The van der Waals surface area contributed by atoms with Crippen LogP contribution in [0.1, 0.15) is 59.8 Å². The van der Waals surface area contributed by atoms with Gasteiger partial charge in [-0.1, -0.05) is 66.3 Å². The predicted octanol–water partition coefficient (Wildman–Crippen LogP) is 4.39. The van der Waals surface area contributed by atoms with Crippen LogP contribution in [-0.4, -0.2) is 27.9 Å². The molecular formula is C16H34O2Si. The van der Waals surface area contributed by atoms with E-state index >= 15 is 0 Å². The zero-order valence-corrected chi connectivity index (χ0v) is 14.8. The molecule has 1 unspecified atom stereocenters. The van der Waals surface area contributed by atoms with E-state index in [-0.39, 0.29) is 5.91 Å². The summed E-state index contributed by atoms with van der Waals surface area (Å²) in [6, 6.07) is 0. The van der Waals surface area contributed by atoms with Crippen LogP contribution in [0.2, 0.25) is 12.1 Å². The summed E-state index contributed by atoms with van der Waals surface area (Å²) in [5.74, 6) is 1.32. The molecule has 1 rings (SSSR count). The SMILES string of the molecule is CC(C)COC(OCC(C)C)[SiH](C)C1CCCCC1. The Balaban J connectivity index is 2.48. The third-order valence-corrected chi connectivity index (χ3v) is 7.41. The largest absolute Gasteiger partial charge is 0.356 e. The first-order valence-electron chi connectivity index (χ1n) is 8.24. The summed E-state index contributed by atoms with van der Waals surface area (Å²) in [4.78, 5) is 0. The van der Waals surface area contributed by atoms with Gasteiger partial charge in [0.15, 0.2) is 0 Å². The third kappa shape index (κ3) is 6.91. The van der Waals surface area contributed by atoms with E-state index < -0.39 is 8.80 Å². The van der Waals surface area contributed by atoms with Crippen molar-refractivity contribution in [2.45, 2.75) is 77.8 Å². The van der Waals surface area contributed by atoms with Crippen molar-refractivity contribution in [2.75, 3.05) is 13.2 Å². The molecule has 114 valence electrons. The standard InChI is InChI=1S/C16H34O2Si/c1-13(2)11-17-16(18-12-14(3)4)19(5)15-9-7-6-8-10-15/h13-16,19H,6-12H2,1-5H3. The average Bonchev–Trinajstić information content (AvgIpc) is 2.38. The predicted molar refractivity (Wildman–Crippen MR) is 85.2 cm³/mol. The maximum atomic E-state index is 6.11. The zero-order valence-electron chi connectivity index (χ0n) is 13.7. The van der Waals surface area contributed by atoms with Gasteiger partial charge in [-0.3, -0.25) is 0 Å². The van der Waals surface area contributed by atoms with Gasteiger partial charge < -0.3 is 9.47 Å². The highest BCUT2D eigenvalue weighted by molar-refractivity contribution is 6.60. The summed E-state index contributed by atoms with van der Waals surface area (Å²) < 4.78 is 12.2. The molecule has 1 aliphatic rings. The number of hydrogen-bond acceptors (Lipinski definition) is 2. The molecule has 0 amide bonds. The van der Waals surface area contributed by atoms with Gasteiger partial charge in [-0.15, -0.1) is 0 Å². The lowest BCUT2D eigenvalue weighted by molar-refractivity contribution is -0.107. The smallest absolute Gasteiger partial charge is 0.138 e. The van der Waals surface area contributed by atoms with E-state index in [9.17, 15) is 0 Å². The summed E-state index contributed by atoms with van der Waals surface area (Å²) >= 11 is 0. The molecule has 1 saturated carbocycles. The van der Waals surface area contributed by atoms with Crippen LogP contribution in [0.25, 0.3) is 0 Å². The maximum Gasteiger partial charge on any atom is 0.138 e. The van der Waals surface area contributed by atoms with Crippen molar-refractivity contribution in [1.29, 1.82) is 0 Å². The lowest BCUT2D eigenvalue weighted by Gasteiger charge is -2.33. The van der Waals surface area contributed by atoms with E-state index in [1.54, 1.807) is 0 Å². The Morgan fingerprint density at radius 1 is 0.895 bits per heavy atom. The molecule has 0 aromatic heterocycles. The van der Waals surface area contributed by atoms with Crippen LogP contribution in [0.4, 0.5) is 0 Å². The van der Waals surface area contributed by atoms with Crippen LogP contribution in [-0.2, 0) is 9.47 Å². The summed E-state index contributed by atoms with van der Waals surface area (Å²) in [6.07, 6.45) is 7.11. The lowest BCUT2D eigenvalue weighted by atomic mass is 10.0. The van der Waals surface area contributed by atoms with Crippen molar-refractivity contribution < 1.29 is 9.47 Å². The fourth-order valence-electron chi connectivity index (χ4n) is 2.81. The van der Waals surface area contributed by atoms with E-state index in [4.69, 9.17) is 9.47 Å². The Kier molecular flexibility index (Phi) is 8.27. The Morgan fingerprint density at radius 2 is 1.37 bits per heavy atom. The van der Waals surface area contributed by atoms with Crippen molar-refractivity contribution in [1.82, 2.24) is 0 Å². The minimum atomic E-state index is -0.961. The Labute approximate surface area is 121 Å². The van der Waals surface area contributed by atoms with Crippen molar-refractivity contribution in [3.05, 3.63) is 0 Å². The molecule has 19 heavy (non-hydrogen) atoms. The highest BCUT2D eigenvalue weighted by Gasteiger charge is 2.30. The molecule has 0 N–H and O–H groups in total. The highest BCUT2D eigenvalue weighted by Crippen LogP contribution is 2.33. The summed E-state index contributed by atoms with van der Waals surface area (Å²) in [5.41, 5.74) is 0.929. The normalized spacial score (nSPS) is 19.6. The molecule has 0 saturated heterocycles. The van der Waals surface area contributed by atoms with Crippen molar-refractivity contribution in [2.24, 2.45) is 11.8 Å². The second-order valence-corrected chi connectivity index (χ2v) is 10.3. The van der Waals surface area contributed by atoms with E-state index in [0.29, 0.717) is 11.8 Å². The van der Waals surface area contributed by atoms with Gasteiger partial charge in [0.25, 0.3) is 0 Å². The summed E-state index contributed by atoms with van der Waals surface area (Å²) in [6.45, 7) is 13.0. The molecule has 1 atom stereocenters. The molecule has 2 nitrogen and oxygen atoms in total. The fourth-order valence-corrected chi connectivity index (χ4v) is 5.61. The fraction of sp³-hybridized carbons (Fsp3) is 1.00. The molecule has 0 aliphatic heterocycles. The number of hydrogen-bond donors (Lipinski definition) is 0. The van der Waals surface area contributed by atoms with Crippen LogP contribution in [0.3, 0.4) is 0 Å². The van der Waals surface area contributed by atoms with Gasteiger partial charge in [-0.05, 0) is 17.4 Å². The molecular weight excluding hydrogens is 252 g/mol. The summed E-state index contributed by atoms with van der Waals surface area (Å²) in [5, 5.41) is 0. The molecule has 0 aromatic rings. The van der Waals surface area contributed by atoms with E-state index in [1.807, 2.05) is 0 Å². The van der Waals surface area contributed by atoms with E-state index in [1.165, 1.54) is 32.1 Å². The lowest BCUT2D eigenvalue weighted by Crippen LogP contribution is -2.39. The van der Waals surface area contributed by atoms with Gasteiger partial charge >= 0.3 is 0 Å². The quantitative estimate of drug-likeness (QED) is 0.487. The monoisotopic (exact) mass is 286 g/mol. The van der Waals surface area contributed by atoms with Gasteiger partial charge in [-0.2, -0.15) is 0 Å². The molecule has 1 aliphatic carbocycles. The van der Waals surface area contributed by atoms with E-state index in [2.05, 4.69) is 34.2 Å². The number of ether oxygens (including phenoxy) is 2. The second kappa shape index (κ2) is 9.14. The Hall–Kier alpha value is 0.137. The van der Waals surface area contributed by atoms with Gasteiger partial charge in [0.1, 0.15) is 14.7 Å². The van der Waals surface area contributed by atoms with Crippen LogP contribution in [0.15, 0.2) is 0 Å². The first-order valence-corrected chi connectivity index (χ1v) is 10.7. The van der Waals surface area contributed by atoms with Crippen LogP contribution >= 0.6 is 0 Å². The van der Waals surface area contributed by atoms with Crippen LogP contribution < -0.4 is 0 Å². The first kappa shape index (κ1) is 17.2. The molecule has 0 spiro atoms.